The summed E-state index contributed by atoms with van der Waals surface area (Å²) >= 11 is 0. The zero-order valence-corrected chi connectivity index (χ0v) is 16.7. The number of carbonyl (C=O) groups is 2. The number of nitrogens with one attached hydrogen (secondary N) is 2. The maximum absolute atomic E-state index is 13.2. The summed E-state index contributed by atoms with van der Waals surface area (Å²) in [6.45, 7) is 0. The highest BCUT2D eigenvalue weighted by Crippen LogP contribution is 2.32. The molecule has 0 saturated heterocycles. The third-order valence-corrected chi connectivity index (χ3v) is 4.97. The first-order chi connectivity index (χ1) is 15.3. The molecule has 1 aliphatic rings. The van der Waals surface area contributed by atoms with Crippen molar-refractivity contribution in [2.24, 2.45) is 4.99 Å². The number of carbonyl (C=O) groups excluding carboxylic acids is 2. The Kier molecular flexibility index (Phi) is 5.77. The Hall–Kier alpha value is -3.94. The Morgan fingerprint density at radius 2 is 1.59 bits per heavy atom. The molecule has 0 saturated carbocycles. The van der Waals surface area contributed by atoms with E-state index in [1.54, 1.807) is 24.3 Å². The van der Waals surface area contributed by atoms with Crippen LogP contribution in [0, 0.1) is 0 Å². The maximum Gasteiger partial charge on any atom is 0.416 e. The van der Waals surface area contributed by atoms with Gasteiger partial charge in [-0.05, 0) is 17.7 Å². The monoisotopic (exact) mass is 437 g/mol. The lowest BCUT2D eigenvalue weighted by Gasteiger charge is -2.15. The van der Waals surface area contributed by atoms with E-state index in [2.05, 4.69) is 15.6 Å². The van der Waals surface area contributed by atoms with Crippen molar-refractivity contribution < 1.29 is 22.8 Å². The highest BCUT2D eigenvalue weighted by atomic mass is 19.4. The largest absolute Gasteiger partial charge is 0.416 e. The molecule has 162 valence electrons. The zero-order valence-electron chi connectivity index (χ0n) is 16.7. The summed E-state index contributed by atoms with van der Waals surface area (Å²) in [6.07, 6.45) is -6.43. The predicted molar refractivity (Wildman–Crippen MR) is 114 cm³/mol. The summed E-state index contributed by atoms with van der Waals surface area (Å²) in [4.78, 5) is 29.8. The molecule has 5 nitrogen and oxygen atoms in total. The van der Waals surface area contributed by atoms with Crippen LogP contribution in [0.2, 0.25) is 0 Å². The van der Waals surface area contributed by atoms with Gasteiger partial charge in [-0.25, -0.2) is 4.99 Å². The summed E-state index contributed by atoms with van der Waals surface area (Å²) in [6, 6.07) is 21.1. The van der Waals surface area contributed by atoms with Crippen molar-refractivity contribution in [1.29, 1.82) is 0 Å². The lowest BCUT2D eigenvalue weighted by molar-refractivity contribution is -0.138. The fourth-order valence-corrected chi connectivity index (χ4v) is 3.51. The zero-order chi connectivity index (χ0) is 22.7. The normalized spacial score (nSPS) is 15.8. The van der Waals surface area contributed by atoms with Crippen LogP contribution in [0.5, 0.6) is 0 Å². The number of benzene rings is 3. The minimum Gasteiger partial charge on any atom is -0.326 e. The van der Waals surface area contributed by atoms with Gasteiger partial charge in [0.1, 0.15) is 0 Å². The van der Waals surface area contributed by atoms with E-state index in [9.17, 15) is 22.8 Å². The number of hydrogen-bond acceptors (Lipinski definition) is 3. The molecule has 2 N–H and O–H groups in total. The van der Waals surface area contributed by atoms with Crippen molar-refractivity contribution in [2.75, 3.05) is 5.32 Å². The van der Waals surface area contributed by atoms with Crippen molar-refractivity contribution in [3.05, 3.63) is 101 Å². The predicted octanol–water partition coefficient (Wildman–Crippen LogP) is 4.18. The average molecular weight is 437 g/mol. The molecule has 0 bridgehead atoms. The Labute approximate surface area is 182 Å². The molecule has 32 heavy (non-hydrogen) atoms. The van der Waals surface area contributed by atoms with E-state index in [1.165, 1.54) is 18.2 Å². The molecule has 2 amide bonds. The molecule has 4 rings (SSSR count). The number of benzodiazepines with no additional fused rings is 1. The van der Waals surface area contributed by atoms with E-state index in [-0.39, 0.29) is 5.56 Å². The van der Waals surface area contributed by atoms with Gasteiger partial charge in [0.05, 0.1) is 23.4 Å². The summed E-state index contributed by atoms with van der Waals surface area (Å²) in [5, 5.41) is 5.19. The van der Waals surface area contributed by atoms with E-state index in [1.807, 2.05) is 30.3 Å². The number of alkyl halides is 3. The molecule has 3 aromatic rings. The smallest absolute Gasteiger partial charge is 0.326 e. The molecule has 0 aromatic heterocycles. The lowest BCUT2D eigenvalue weighted by Crippen LogP contribution is -2.43. The molecule has 1 heterocycles. The second-order valence-electron chi connectivity index (χ2n) is 7.18. The van der Waals surface area contributed by atoms with E-state index in [0.29, 0.717) is 17.0 Å². The summed E-state index contributed by atoms with van der Waals surface area (Å²) < 4.78 is 39.7. The number of nitrogens with zero attached hydrogens (tertiary/aromatic N) is 1. The number of amides is 2. The topological polar surface area (TPSA) is 70.6 Å². The number of aliphatic imine (C=N–C) groups is 1. The molecule has 0 aliphatic carbocycles. The Balaban J connectivity index is 1.64. The summed E-state index contributed by atoms with van der Waals surface area (Å²) in [7, 11) is 0. The SMILES string of the molecule is O=C(Cc1ccccc1C(F)(F)F)NC1N=C(c2ccccc2)c2ccccc2NC1=O. The average Bonchev–Trinajstić information content (AvgIpc) is 2.90. The van der Waals surface area contributed by atoms with Gasteiger partial charge in [0.2, 0.25) is 12.1 Å². The van der Waals surface area contributed by atoms with Gasteiger partial charge in [-0.1, -0.05) is 66.7 Å². The maximum atomic E-state index is 13.2. The number of anilines is 1. The molecular formula is C24H18F3N3O2. The van der Waals surface area contributed by atoms with Gasteiger partial charge < -0.3 is 10.6 Å². The third-order valence-electron chi connectivity index (χ3n) is 4.97. The van der Waals surface area contributed by atoms with E-state index < -0.39 is 36.1 Å². The molecule has 1 aliphatic heterocycles. The first kappa shape index (κ1) is 21.3. The molecule has 3 aromatic carbocycles. The van der Waals surface area contributed by atoms with Crippen LogP contribution < -0.4 is 10.6 Å². The summed E-state index contributed by atoms with van der Waals surface area (Å²) in [5.41, 5.74) is 1.35. The Bertz CT molecular complexity index is 1190. The first-order valence-corrected chi connectivity index (χ1v) is 9.81. The standard InChI is InChI=1S/C24H18F3N3O2/c25-24(26,27)18-12-6-4-10-16(18)14-20(31)29-22-23(32)28-19-13-7-5-11-17(19)21(30-22)15-8-2-1-3-9-15/h1-13,22H,14H2,(H,28,32)(H,29,31). The molecule has 1 atom stereocenters. The third kappa shape index (κ3) is 4.54. The Morgan fingerprint density at radius 1 is 0.938 bits per heavy atom. The van der Waals surface area contributed by atoms with E-state index in [0.717, 1.165) is 11.6 Å². The van der Waals surface area contributed by atoms with Gasteiger partial charge >= 0.3 is 6.18 Å². The molecule has 0 spiro atoms. The number of rotatable bonds is 4. The number of hydrogen-bond donors (Lipinski definition) is 2. The molecule has 1 unspecified atom stereocenters. The lowest BCUT2D eigenvalue weighted by atomic mass is 10.0. The molecular weight excluding hydrogens is 419 g/mol. The second kappa shape index (κ2) is 8.66. The quantitative estimate of drug-likeness (QED) is 0.643. The number of fused-ring (bicyclic) bond motifs is 1. The minimum absolute atomic E-state index is 0.179. The number of para-hydroxylation sites is 1. The molecule has 0 fully saturated rings. The number of halogens is 3. The van der Waals surface area contributed by atoms with Crippen LogP contribution in [-0.4, -0.2) is 23.7 Å². The van der Waals surface area contributed by atoms with Gasteiger partial charge in [-0.15, -0.1) is 0 Å². The van der Waals surface area contributed by atoms with Crippen molar-refractivity contribution in [3.8, 4) is 0 Å². The summed E-state index contributed by atoms with van der Waals surface area (Å²) in [5.74, 6) is -1.33. The van der Waals surface area contributed by atoms with Gasteiger partial charge in [-0.2, -0.15) is 13.2 Å². The minimum atomic E-state index is -4.59. The van der Waals surface area contributed by atoms with E-state index >= 15 is 0 Å². The fraction of sp³-hybridized carbons (Fsp3) is 0.125. The van der Waals surface area contributed by atoms with Crippen molar-refractivity contribution in [2.45, 2.75) is 18.8 Å². The van der Waals surface area contributed by atoms with Crippen LogP contribution in [0.4, 0.5) is 18.9 Å². The van der Waals surface area contributed by atoms with Gasteiger partial charge in [-0.3, -0.25) is 9.59 Å². The van der Waals surface area contributed by atoms with Crippen molar-refractivity contribution in [1.82, 2.24) is 5.32 Å². The van der Waals surface area contributed by atoms with Gasteiger partial charge in [0.25, 0.3) is 5.91 Å². The van der Waals surface area contributed by atoms with Crippen molar-refractivity contribution >= 4 is 23.2 Å². The van der Waals surface area contributed by atoms with Gasteiger partial charge in [0.15, 0.2) is 0 Å². The van der Waals surface area contributed by atoms with Crippen LogP contribution in [0.1, 0.15) is 22.3 Å². The highest BCUT2D eigenvalue weighted by Gasteiger charge is 2.34. The highest BCUT2D eigenvalue weighted by molar-refractivity contribution is 6.19. The van der Waals surface area contributed by atoms with Crippen LogP contribution in [0.3, 0.4) is 0 Å². The van der Waals surface area contributed by atoms with Crippen molar-refractivity contribution in [3.63, 3.8) is 0 Å². The Morgan fingerprint density at radius 3 is 2.34 bits per heavy atom. The fourth-order valence-electron chi connectivity index (χ4n) is 3.51. The van der Waals surface area contributed by atoms with E-state index in [4.69, 9.17) is 0 Å². The van der Waals surface area contributed by atoms with Crippen LogP contribution >= 0.6 is 0 Å². The molecule has 8 heteroatoms. The van der Waals surface area contributed by atoms with Crippen LogP contribution in [0.15, 0.2) is 83.9 Å². The van der Waals surface area contributed by atoms with Crippen LogP contribution in [0.25, 0.3) is 0 Å². The second-order valence-corrected chi connectivity index (χ2v) is 7.18. The van der Waals surface area contributed by atoms with Crippen LogP contribution in [-0.2, 0) is 22.2 Å². The molecule has 0 radical (unpaired) electrons. The first-order valence-electron chi connectivity index (χ1n) is 9.81. The van der Waals surface area contributed by atoms with Gasteiger partial charge in [0, 0.05) is 11.1 Å².